The van der Waals surface area contributed by atoms with Gasteiger partial charge in [0.25, 0.3) is 5.91 Å². The molecular weight excluding hydrogens is 430 g/mol. The zero-order valence-corrected chi connectivity index (χ0v) is 19.4. The summed E-state index contributed by atoms with van der Waals surface area (Å²) in [5.74, 6) is 1.10. The van der Waals surface area contributed by atoms with Crippen LogP contribution in [0.3, 0.4) is 0 Å². The number of ether oxygens (including phenoxy) is 1. The number of hydrogen-bond donors (Lipinski definition) is 3. The van der Waals surface area contributed by atoms with Gasteiger partial charge in [-0.25, -0.2) is 15.0 Å². The van der Waals surface area contributed by atoms with E-state index in [0.717, 1.165) is 43.9 Å². The Bertz CT molecular complexity index is 1100. The van der Waals surface area contributed by atoms with E-state index in [9.17, 15) is 4.79 Å². The van der Waals surface area contributed by atoms with Gasteiger partial charge in [0.15, 0.2) is 5.82 Å². The minimum Gasteiger partial charge on any atom is -0.476 e. The van der Waals surface area contributed by atoms with Crippen LogP contribution in [0.1, 0.15) is 35.8 Å². The number of carbonyl (C=O) groups excluding carboxylic acids is 1. The van der Waals surface area contributed by atoms with Crippen LogP contribution in [0.25, 0.3) is 11.4 Å². The first kappa shape index (κ1) is 23.4. The van der Waals surface area contributed by atoms with Crippen molar-refractivity contribution in [3.05, 3.63) is 60.0 Å². The molecule has 0 atom stereocenters. The Morgan fingerprint density at radius 2 is 1.85 bits per heavy atom. The smallest absolute Gasteiger partial charge is 0.270 e. The summed E-state index contributed by atoms with van der Waals surface area (Å²) in [4.78, 5) is 27.9. The molecule has 1 aliphatic heterocycles. The minimum atomic E-state index is -0.266. The van der Waals surface area contributed by atoms with Gasteiger partial charge in [0.2, 0.25) is 5.88 Å². The second-order valence-electron chi connectivity index (χ2n) is 8.45. The third-order valence-electron chi connectivity index (χ3n) is 6.01. The van der Waals surface area contributed by atoms with Crippen LogP contribution in [0, 0.1) is 5.92 Å². The summed E-state index contributed by atoms with van der Waals surface area (Å²) < 4.78 is 5.38. The quantitative estimate of drug-likeness (QED) is 0.466. The Labute approximate surface area is 199 Å². The molecule has 4 rings (SSSR count). The number of likely N-dealkylation sites (tertiary alicyclic amines) is 1. The molecule has 0 aliphatic carbocycles. The summed E-state index contributed by atoms with van der Waals surface area (Å²) in [7, 11) is 0. The van der Waals surface area contributed by atoms with Crippen molar-refractivity contribution in [3.63, 3.8) is 0 Å². The summed E-state index contributed by atoms with van der Waals surface area (Å²) in [6, 6.07) is 11.7. The molecule has 0 unspecified atom stereocenters. The lowest BCUT2D eigenvalue weighted by Crippen LogP contribution is -2.38. The van der Waals surface area contributed by atoms with E-state index in [-0.39, 0.29) is 23.2 Å². The van der Waals surface area contributed by atoms with Gasteiger partial charge in [0.05, 0.1) is 12.3 Å². The number of benzene rings is 1. The van der Waals surface area contributed by atoms with Gasteiger partial charge in [-0.05, 0) is 56.5 Å². The van der Waals surface area contributed by atoms with Crippen molar-refractivity contribution in [2.24, 2.45) is 5.92 Å². The van der Waals surface area contributed by atoms with Gasteiger partial charge in [0.1, 0.15) is 11.4 Å². The van der Waals surface area contributed by atoms with Crippen molar-refractivity contribution >= 4 is 17.3 Å². The molecule has 5 N–H and O–H groups in total. The molecule has 1 saturated heterocycles. The molecule has 34 heavy (non-hydrogen) atoms. The number of hydrogen-bond acceptors (Lipinski definition) is 8. The van der Waals surface area contributed by atoms with Gasteiger partial charge in [-0.3, -0.25) is 9.69 Å². The van der Waals surface area contributed by atoms with Crippen molar-refractivity contribution in [3.8, 4) is 17.3 Å². The standard InChI is InChI=1S/C25H31N7O2/c1-2-34-25-22(27)20(26)14-21(31-25)24(33)30-15-17-8-12-32(13-9-17)16-18-4-6-19(7-5-18)23-28-10-3-11-29-23/h3-7,10-11,14,17H,2,8-9,12-13,15-16,27H2,1H3,(H2,26,31)(H,30,33). The molecular formula is C25H31N7O2. The Kier molecular flexibility index (Phi) is 7.54. The van der Waals surface area contributed by atoms with Crippen LogP contribution in [0.5, 0.6) is 5.88 Å². The predicted molar refractivity (Wildman–Crippen MR) is 132 cm³/mol. The van der Waals surface area contributed by atoms with Gasteiger partial charge < -0.3 is 21.5 Å². The summed E-state index contributed by atoms with van der Waals surface area (Å²) in [5, 5.41) is 2.99. The highest BCUT2D eigenvalue weighted by atomic mass is 16.5. The number of nitrogen functional groups attached to an aromatic ring is 2. The molecule has 9 nitrogen and oxygen atoms in total. The number of nitrogens with zero attached hydrogens (tertiary/aromatic N) is 4. The normalized spacial score (nSPS) is 14.6. The average molecular weight is 462 g/mol. The van der Waals surface area contributed by atoms with E-state index in [1.807, 2.05) is 13.0 Å². The lowest BCUT2D eigenvalue weighted by atomic mass is 9.96. The molecule has 0 radical (unpaired) electrons. The van der Waals surface area contributed by atoms with Crippen molar-refractivity contribution in [2.75, 3.05) is 37.7 Å². The Morgan fingerprint density at radius 1 is 1.15 bits per heavy atom. The molecule has 9 heteroatoms. The van der Waals surface area contributed by atoms with Gasteiger partial charge in [0, 0.05) is 31.0 Å². The second-order valence-corrected chi connectivity index (χ2v) is 8.45. The first-order chi connectivity index (χ1) is 16.5. The lowest BCUT2D eigenvalue weighted by molar-refractivity contribution is 0.0929. The first-order valence-corrected chi connectivity index (χ1v) is 11.6. The number of piperidine rings is 1. The summed E-state index contributed by atoms with van der Waals surface area (Å²) in [6.45, 7) is 5.71. The maximum atomic E-state index is 12.6. The number of carbonyl (C=O) groups is 1. The fourth-order valence-electron chi connectivity index (χ4n) is 4.06. The molecule has 0 bridgehead atoms. The number of nitrogens with two attached hydrogens (primary N) is 2. The van der Waals surface area contributed by atoms with E-state index in [0.29, 0.717) is 24.8 Å². The SMILES string of the molecule is CCOc1nc(C(=O)NCC2CCN(Cc3ccc(-c4ncccn4)cc3)CC2)cc(N)c1N. The minimum absolute atomic E-state index is 0.199. The Morgan fingerprint density at radius 3 is 2.53 bits per heavy atom. The topological polar surface area (TPSA) is 132 Å². The maximum Gasteiger partial charge on any atom is 0.270 e. The number of anilines is 2. The fourth-order valence-corrected chi connectivity index (χ4v) is 4.06. The fraction of sp³-hybridized carbons (Fsp3) is 0.360. The zero-order chi connectivity index (χ0) is 23.9. The molecule has 1 aromatic carbocycles. The Balaban J connectivity index is 1.24. The zero-order valence-electron chi connectivity index (χ0n) is 19.4. The monoisotopic (exact) mass is 461 g/mol. The average Bonchev–Trinajstić information content (AvgIpc) is 2.87. The van der Waals surface area contributed by atoms with Crippen molar-refractivity contribution < 1.29 is 9.53 Å². The summed E-state index contributed by atoms with van der Waals surface area (Å²) >= 11 is 0. The largest absolute Gasteiger partial charge is 0.476 e. The van der Waals surface area contributed by atoms with Crippen molar-refractivity contribution in [1.82, 2.24) is 25.2 Å². The molecule has 0 saturated carbocycles. The second kappa shape index (κ2) is 10.9. The van der Waals surface area contributed by atoms with E-state index in [4.69, 9.17) is 16.2 Å². The van der Waals surface area contributed by atoms with Gasteiger partial charge in [-0.15, -0.1) is 0 Å². The number of rotatable bonds is 8. The highest BCUT2D eigenvalue weighted by molar-refractivity contribution is 5.94. The van der Waals surface area contributed by atoms with Crippen LogP contribution < -0.4 is 21.5 Å². The van der Waals surface area contributed by atoms with Crippen molar-refractivity contribution in [2.45, 2.75) is 26.3 Å². The molecule has 0 spiro atoms. The molecule has 1 aliphatic rings. The first-order valence-electron chi connectivity index (χ1n) is 11.6. The number of pyridine rings is 1. The van der Waals surface area contributed by atoms with E-state index in [1.54, 1.807) is 12.4 Å². The van der Waals surface area contributed by atoms with Gasteiger partial charge >= 0.3 is 0 Å². The third kappa shape index (κ3) is 5.79. The number of amides is 1. The summed E-state index contributed by atoms with van der Waals surface area (Å²) in [6.07, 6.45) is 5.56. The number of nitrogens with one attached hydrogen (secondary N) is 1. The van der Waals surface area contributed by atoms with Crippen LogP contribution in [-0.2, 0) is 6.54 Å². The van der Waals surface area contributed by atoms with E-state index in [2.05, 4.69) is 49.4 Å². The van der Waals surface area contributed by atoms with Gasteiger partial charge in [-0.2, -0.15) is 0 Å². The molecule has 1 amide bonds. The molecule has 1 fully saturated rings. The van der Waals surface area contributed by atoms with Crippen LogP contribution in [-0.4, -0.2) is 52.0 Å². The predicted octanol–water partition coefficient (Wildman–Crippen LogP) is 2.74. The van der Waals surface area contributed by atoms with Crippen molar-refractivity contribution in [1.29, 1.82) is 0 Å². The molecule has 178 valence electrons. The summed E-state index contributed by atoms with van der Waals surface area (Å²) in [5.41, 5.74) is 14.8. The molecule has 3 heterocycles. The van der Waals surface area contributed by atoms with Crippen LogP contribution >= 0.6 is 0 Å². The van der Waals surface area contributed by atoms with Crippen LogP contribution in [0.4, 0.5) is 11.4 Å². The van der Waals surface area contributed by atoms with E-state index >= 15 is 0 Å². The number of aromatic nitrogens is 3. The van der Waals surface area contributed by atoms with Crippen LogP contribution in [0.2, 0.25) is 0 Å². The Hall–Kier alpha value is -3.72. The van der Waals surface area contributed by atoms with Crippen LogP contribution in [0.15, 0.2) is 48.8 Å². The highest BCUT2D eigenvalue weighted by Crippen LogP contribution is 2.26. The highest BCUT2D eigenvalue weighted by Gasteiger charge is 2.21. The third-order valence-corrected chi connectivity index (χ3v) is 6.01. The molecule has 3 aromatic rings. The van der Waals surface area contributed by atoms with E-state index < -0.39 is 0 Å². The maximum absolute atomic E-state index is 12.6. The lowest BCUT2D eigenvalue weighted by Gasteiger charge is -2.32. The molecule has 2 aromatic heterocycles. The van der Waals surface area contributed by atoms with Gasteiger partial charge in [-0.1, -0.05) is 24.3 Å². The van der Waals surface area contributed by atoms with E-state index in [1.165, 1.54) is 11.6 Å².